The lowest BCUT2D eigenvalue weighted by Gasteiger charge is -2.25. The largest absolute Gasteiger partial charge is 0.472 e. The van der Waals surface area contributed by atoms with Crippen LogP contribution in [0.5, 0.6) is 0 Å². The van der Waals surface area contributed by atoms with Crippen LogP contribution in [0.2, 0.25) is 0 Å². The summed E-state index contributed by atoms with van der Waals surface area (Å²) in [5.41, 5.74) is 0. The molecule has 3 N–H and O–H groups in total. The third-order valence-corrected chi connectivity index (χ3v) is 9.07. The molecule has 9 heteroatoms. The first-order valence-electron chi connectivity index (χ1n) is 18.9. The molecule has 0 saturated heterocycles. The van der Waals surface area contributed by atoms with Gasteiger partial charge in [-0.3, -0.25) is 13.8 Å². The van der Waals surface area contributed by atoms with Crippen molar-refractivity contribution < 1.29 is 32.9 Å². The molecule has 47 heavy (non-hydrogen) atoms. The molecule has 3 atom stereocenters. The van der Waals surface area contributed by atoms with Crippen molar-refractivity contribution in [2.75, 3.05) is 40.9 Å². The Hall–Kier alpha value is -1.28. The molecule has 0 aliphatic carbocycles. The number of allylic oxidation sites excluding steroid dienone is 5. The zero-order valence-corrected chi connectivity index (χ0v) is 31.9. The lowest BCUT2D eigenvalue weighted by atomic mass is 10.1. The molecule has 0 aliphatic rings. The Morgan fingerprint density at radius 1 is 0.702 bits per heavy atom. The molecular formula is C38H74N2O6P+. The van der Waals surface area contributed by atoms with Gasteiger partial charge in [-0.25, -0.2) is 4.57 Å². The van der Waals surface area contributed by atoms with Crippen LogP contribution in [0, 0.1) is 0 Å². The highest BCUT2D eigenvalue weighted by Crippen LogP contribution is 2.43. The highest BCUT2D eigenvalue weighted by Gasteiger charge is 2.27. The van der Waals surface area contributed by atoms with Crippen LogP contribution in [0.15, 0.2) is 36.5 Å². The summed E-state index contributed by atoms with van der Waals surface area (Å²) in [6.45, 7) is 4.63. The molecule has 0 aliphatic heterocycles. The van der Waals surface area contributed by atoms with Crippen molar-refractivity contribution in [1.82, 2.24) is 5.32 Å². The first kappa shape index (κ1) is 45.7. The maximum absolute atomic E-state index is 12.5. The number of aliphatic hydroxyl groups is 1. The number of unbranched alkanes of at least 4 members (excludes halogenated alkanes) is 16. The standard InChI is InChI=1S/C38H73N2O6P/c1-6-8-10-12-13-14-15-16-17-18-19-20-21-22-23-24-25-26-27-28-29-31-37(41)36(39-38(42)32-30-11-9-7-2)35-46-47(43,44)45-34-33-40(3,4)5/h21-22,25-26,29,31,36-37,41H,6-20,23-24,27-28,30,32-35H2,1-5H3,(H-,39,42,43,44)/p+1/b22-21+,26-25+,31-29+. The summed E-state index contributed by atoms with van der Waals surface area (Å²) in [5.74, 6) is -0.211. The average Bonchev–Trinajstić information content (AvgIpc) is 3.01. The molecule has 0 bridgehead atoms. The molecule has 0 aromatic heterocycles. The summed E-state index contributed by atoms with van der Waals surface area (Å²) in [5, 5.41) is 13.6. The van der Waals surface area contributed by atoms with Crippen molar-refractivity contribution >= 4 is 13.7 Å². The summed E-state index contributed by atoms with van der Waals surface area (Å²) in [4.78, 5) is 22.6. The molecule has 1 amide bonds. The highest BCUT2D eigenvalue weighted by atomic mass is 31.2. The van der Waals surface area contributed by atoms with E-state index in [9.17, 15) is 19.4 Å². The van der Waals surface area contributed by atoms with Gasteiger partial charge in [0.25, 0.3) is 0 Å². The second-order valence-corrected chi connectivity index (χ2v) is 15.4. The van der Waals surface area contributed by atoms with E-state index in [0.29, 0.717) is 17.4 Å². The van der Waals surface area contributed by atoms with Gasteiger partial charge in [0.2, 0.25) is 5.91 Å². The minimum absolute atomic E-state index is 0.0530. The molecular weight excluding hydrogens is 611 g/mol. The zero-order chi connectivity index (χ0) is 35.1. The number of aliphatic hydroxyl groups excluding tert-OH is 1. The molecule has 3 unspecified atom stereocenters. The van der Waals surface area contributed by atoms with Crippen molar-refractivity contribution in [3.05, 3.63) is 36.5 Å². The number of hydrogen-bond acceptors (Lipinski definition) is 5. The van der Waals surface area contributed by atoms with Gasteiger partial charge < -0.3 is 19.8 Å². The number of nitrogens with zero attached hydrogens (tertiary/aromatic N) is 1. The first-order valence-corrected chi connectivity index (χ1v) is 20.4. The van der Waals surface area contributed by atoms with Crippen LogP contribution in [0.25, 0.3) is 0 Å². The molecule has 8 nitrogen and oxygen atoms in total. The van der Waals surface area contributed by atoms with Crippen LogP contribution in [-0.4, -0.2) is 73.4 Å². The molecule has 276 valence electrons. The Kier molecular flexibility index (Phi) is 29.9. The molecule has 0 spiro atoms. The van der Waals surface area contributed by atoms with Crippen LogP contribution >= 0.6 is 7.82 Å². The molecule has 0 heterocycles. The number of phosphoric acid groups is 1. The smallest absolute Gasteiger partial charge is 0.387 e. The molecule has 0 rings (SSSR count). The fourth-order valence-corrected chi connectivity index (χ4v) is 5.75. The fourth-order valence-electron chi connectivity index (χ4n) is 5.01. The van der Waals surface area contributed by atoms with E-state index in [1.807, 2.05) is 27.2 Å². The number of nitrogens with one attached hydrogen (secondary N) is 1. The molecule has 0 radical (unpaired) electrons. The third-order valence-electron chi connectivity index (χ3n) is 8.09. The summed E-state index contributed by atoms with van der Waals surface area (Å²) in [6, 6.07) is -0.861. The van der Waals surface area contributed by atoms with Crippen molar-refractivity contribution in [3.8, 4) is 0 Å². The van der Waals surface area contributed by atoms with E-state index >= 15 is 0 Å². The average molecular weight is 686 g/mol. The number of quaternary nitrogens is 1. The zero-order valence-electron chi connectivity index (χ0n) is 31.0. The van der Waals surface area contributed by atoms with Gasteiger partial charge in [-0.1, -0.05) is 134 Å². The van der Waals surface area contributed by atoms with Crippen molar-refractivity contribution in [2.45, 2.75) is 161 Å². The molecule has 0 fully saturated rings. The molecule has 0 aromatic carbocycles. The Morgan fingerprint density at radius 2 is 1.17 bits per heavy atom. The summed E-state index contributed by atoms with van der Waals surface area (Å²) < 4.78 is 23.2. The summed E-state index contributed by atoms with van der Waals surface area (Å²) in [7, 11) is 1.54. The lowest BCUT2D eigenvalue weighted by molar-refractivity contribution is -0.870. The molecule has 0 aromatic rings. The fraction of sp³-hybridized carbons (Fsp3) is 0.816. The highest BCUT2D eigenvalue weighted by molar-refractivity contribution is 7.47. The number of hydrogen-bond donors (Lipinski definition) is 3. The maximum atomic E-state index is 12.5. The topological polar surface area (TPSA) is 105 Å². The summed E-state index contributed by atoms with van der Waals surface area (Å²) >= 11 is 0. The third kappa shape index (κ3) is 33.0. The molecule has 0 saturated carbocycles. The van der Waals surface area contributed by atoms with E-state index in [-0.39, 0.29) is 19.1 Å². The summed E-state index contributed by atoms with van der Waals surface area (Å²) in [6.07, 6.45) is 35.6. The van der Waals surface area contributed by atoms with Crippen molar-refractivity contribution in [1.29, 1.82) is 0 Å². The van der Waals surface area contributed by atoms with E-state index < -0.39 is 20.0 Å². The van der Waals surface area contributed by atoms with Gasteiger partial charge >= 0.3 is 7.82 Å². The maximum Gasteiger partial charge on any atom is 0.472 e. The van der Waals surface area contributed by atoms with E-state index in [1.165, 1.54) is 77.0 Å². The Bertz CT molecular complexity index is 871. The number of phosphoric ester groups is 1. The van der Waals surface area contributed by atoms with Gasteiger partial charge in [-0.15, -0.1) is 0 Å². The minimum atomic E-state index is -4.33. The van der Waals surface area contributed by atoms with Crippen LogP contribution in [-0.2, 0) is 18.4 Å². The van der Waals surface area contributed by atoms with Gasteiger partial charge in [-0.05, 0) is 44.9 Å². The van der Waals surface area contributed by atoms with Gasteiger partial charge in [-0.2, -0.15) is 0 Å². The van der Waals surface area contributed by atoms with E-state index in [4.69, 9.17) is 9.05 Å². The normalized spacial score (nSPS) is 15.1. The minimum Gasteiger partial charge on any atom is -0.387 e. The second kappa shape index (κ2) is 30.8. The van der Waals surface area contributed by atoms with Gasteiger partial charge in [0, 0.05) is 6.42 Å². The number of likely N-dealkylation sites (N-methyl/N-ethyl adjacent to an activating group) is 1. The predicted molar refractivity (Wildman–Crippen MR) is 198 cm³/mol. The van der Waals surface area contributed by atoms with E-state index in [1.54, 1.807) is 6.08 Å². The second-order valence-electron chi connectivity index (χ2n) is 13.9. The number of rotatable bonds is 33. The number of amides is 1. The van der Waals surface area contributed by atoms with Crippen LogP contribution < -0.4 is 5.32 Å². The first-order chi connectivity index (χ1) is 22.5. The number of carbonyl (C=O) groups excluding carboxylic acids is 1. The van der Waals surface area contributed by atoms with Gasteiger partial charge in [0.05, 0.1) is 39.9 Å². The van der Waals surface area contributed by atoms with Crippen LogP contribution in [0.4, 0.5) is 0 Å². The van der Waals surface area contributed by atoms with Crippen molar-refractivity contribution in [3.63, 3.8) is 0 Å². The van der Waals surface area contributed by atoms with Crippen LogP contribution in [0.3, 0.4) is 0 Å². The monoisotopic (exact) mass is 686 g/mol. The van der Waals surface area contributed by atoms with Crippen molar-refractivity contribution in [2.24, 2.45) is 0 Å². The van der Waals surface area contributed by atoms with Gasteiger partial charge in [0.1, 0.15) is 13.2 Å². The quantitative estimate of drug-likeness (QED) is 0.0275. The van der Waals surface area contributed by atoms with E-state index in [0.717, 1.165) is 51.4 Å². The Labute approximate surface area is 289 Å². The van der Waals surface area contributed by atoms with Gasteiger partial charge in [0.15, 0.2) is 0 Å². The van der Waals surface area contributed by atoms with Crippen LogP contribution in [0.1, 0.15) is 149 Å². The Morgan fingerprint density at radius 3 is 1.70 bits per heavy atom. The number of carbonyl (C=O) groups is 1. The van der Waals surface area contributed by atoms with E-state index in [2.05, 4.69) is 43.5 Å². The Balaban J connectivity index is 4.33. The lowest BCUT2D eigenvalue weighted by Crippen LogP contribution is -2.45. The predicted octanol–water partition coefficient (Wildman–Crippen LogP) is 9.57. The SMILES string of the molecule is CCCCCCCCCCCCC/C=C/CC/C=C/CC/C=C/C(O)C(COP(=O)(O)OCC[N+](C)(C)C)NC(=O)CCCCCC.